The van der Waals surface area contributed by atoms with E-state index in [1.807, 2.05) is 4.90 Å². The summed E-state index contributed by atoms with van der Waals surface area (Å²) in [7, 11) is 0. The monoisotopic (exact) mass is 373 g/mol. The molecule has 2 amide bonds. The first-order valence-electron chi connectivity index (χ1n) is 9.19. The lowest BCUT2D eigenvalue weighted by Crippen LogP contribution is -2.52. The molecule has 1 N–H and O–H groups in total. The van der Waals surface area contributed by atoms with Gasteiger partial charge in [-0.05, 0) is 30.7 Å². The second-order valence-electron chi connectivity index (χ2n) is 6.33. The van der Waals surface area contributed by atoms with Gasteiger partial charge in [0.2, 0.25) is 5.88 Å². The molecule has 0 unspecified atom stereocenters. The molecule has 1 aliphatic heterocycles. The molecule has 1 saturated heterocycles. The summed E-state index contributed by atoms with van der Waals surface area (Å²) >= 11 is 0. The van der Waals surface area contributed by atoms with Crippen LogP contribution in [0.15, 0.2) is 36.7 Å². The Balaban J connectivity index is 1.55. The van der Waals surface area contributed by atoms with Crippen LogP contribution in [0.2, 0.25) is 0 Å². The minimum Gasteiger partial charge on any atom is -0.439 e. The fourth-order valence-electron chi connectivity index (χ4n) is 2.80. The van der Waals surface area contributed by atoms with Crippen molar-refractivity contribution < 1.29 is 13.9 Å². The predicted molar refractivity (Wildman–Crippen MR) is 101 cm³/mol. The molecule has 3 rings (SSSR count). The number of hydrogen-bond acceptors (Lipinski definition) is 5. The zero-order chi connectivity index (χ0) is 19.1. The topological polar surface area (TPSA) is 70.6 Å². The van der Waals surface area contributed by atoms with Gasteiger partial charge in [-0.15, -0.1) is 0 Å². The second kappa shape index (κ2) is 9.16. The van der Waals surface area contributed by atoms with E-state index in [-0.39, 0.29) is 11.8 Å². The first-order valence-corrected chi connectivity index (χ1v) is 9.19. The normalized spacial score (nSPS) is 14.1. The van der Waals surface area contributed by atoms with Crippen molar-refractivity contribution in [2.75, 3.05) is 37.6 Å². The zero-order valence-electron chi connectivity index (χ0n) is 15.4. The van der Waals surface area contributed by atoms with E-state index >= 15 is 0 Å². The highest BCUT2D eigenvalue weighted by Crippen LogP contribution is 2.23. The average molecular weight is 373 g/mol. The van der Waals surface area contributed by atoms with Gasteiger partial charge in [-0.25, -0.2) is 19.2 Å². The van der Waals surface area contributed by atoms with Gasteiger partial charge in [0.1, 0.15) is 23.7 Å². The van der Waals surface area contributed by atoms with Crippen LogP contribution in [-0.2, 0) is 0 Å². The molecule has 1 aromatic heterocycles. The number of benzene rings is 1. The fourth-order valence-corrected chi connectivity index (χ4v) is 2.80. The van der Waals surface area contributed by atoms with Crippen LogP contribution in [0.4, 0.5) is 15.0 Å². The maximum Gasteiger partial charge on any atom is 0.317 e. The summed E-state index contributed by atoms with van der Waals surface area (Å²) in [5.74, 6) is 1.33. The molecule has 0 saturated carbocycles. The van der Waals surface area contributed by atoms with Crippen molar-refractivity contribution in [2.24, 2.45) is 0 Å². The standard InChI is InChI=1S/C19H24FN5O2/c1-2-3-8-21-19(26)25-11-9-24(10-12-25)17-13-18(23-14-22-17)27-16-6-4-15(20)5-7-16/h4-7,13-14H,2-3,8-12H2,1H3,(H,21,26). The number of piperazine rings is 1. The number of rotatable bonds is 6. The van der Waals surface area contributed by atoms with E-state index in [4.69, 9.17) is 4.74 Å². The third-order valence-corrected chi connectivity index (χ3v) is 4.36. The highest BCUT2D eigenvalue weighted by molar-refractivity contribution is 5.74. The quantitative estimate of drug-likeness (QED) is 0.788. The van der Waals surface area contributed by atoms with Gasteiger partial charge in [0.15, 0.2) is 0 Å². The third-order valence-electron chi connectivity index (χ3n) is 4.36. The molecule has 1 aromatic carbocycles. The summed E-state index contributed by atoms with van der Waals surface area (Å²) in [5, 5.41) is 2.94. The Bertz CT molecular complexity index is 748. The lowest BCUT2D eigenvalue weighted by molar-refractivity contribution is 0.194. The highest BCUT2D eigenvalue weighted by atomic mass is 19.1. The molecule has 8 heteroatoms. The van der Waals surface area contributed by atoms with Crippen molar-refractivity contribution >= 4 is 11.8 Å². The molecule has 0 atom stereocenters. The SMILES string of the molecule is CCCCNC(=O)N1CCN(c2cc(Oc3ccc(F)cc3)ncn2)CC1. The molecule has 2 heterocycles. The van der Waals surface area contributed by atoms with Crippen LogP contribution in [-0.4, -0.2) is 53.6 Å². The summed E-state index contributed by atoms with van der Waals surface area (Å²) in [5.41, 5.74) is 0. The first-order chi connectivity index (χ1) is 13.2. The van der Waals surface area contributed by atoms with Crippen LogP contribution in [0.1, 0.15) is 19.8 Å². The Labute approximate surface area is 158 Å². The number of ether oxygens (including phenoxy) is 1. The van der Waals surface area contributed by atoms with E-state index in [0.29, 0.717) is 44.4 Å². The van der Waals surface area contributed by atoms with Gasteiger partial charge in [-0.1, -0.05) is 13.3 Å². The number of carbonyl (C=O) groups excluding carboxylic acids is 1. The molecule has 0 bridgehead atoms. The average Bonchev–Trinajstić information content (AvgIpc) is 2.70. The van der Waals surface area contributed by atoms with Gasteiger partial charge in [0.25, 0.3) is 0 Å². The predicted octanol–water partition coefficient (Wildman–Crippen LogP) is 3.04. The number of anilines is 1. The number of nitrogens with one attached hydrogen (secondary N) is 1. The Morgan fingerprint density at radius 2 is 1.93 bits per heavy atom. The lowest BCUT2D eigenvalue weighted by Gasteiger charge is -2.35. The van der Waals surface area contributed by atoms with Crippen LogP contribution < -0.4 is 15.0 Å². The van der Waals surface area contributed by atoms with E-state index in [2.05, 4.69) is 27.1 Å². The highest BCUT2D eigenvalue weighted by Gasteiger charge is 2.22. The maximum absolute atomic E-state index is 13.0. The molecule has 1 fully saturated rings. The zero-order valence-corrected chi connectivity index (χ0v) is 15.4. The molecular formula is C19H24FN5O2. The number of nitrogens with zero attached hydrogens (tertiary/aromatic N) is 4. The number of amides is 2. The second-order valence-corrected chi connectivity index (χ2v) is 6.33. The van der Waals surface area contributed by atoms with Gasteiger partial charge >= 0.3 is 6.03 Å². The Hall–Kier alpha value is -2.90. The molecule has 27 heavy (non-hydrogen) atoms. The smallest absolute Gasteiger partial charge is 0.317 e. The van der Waals surface area contributed by atoms with Crippen molar-refractivity contribution in [1.29, 1.82) is 0 Å². The van der Waals surface area contributed by atoms with E-state index in [0.717, 1.165) is 18.7 Å². The third kappa shape index (κ3) is 5.29. The van der Waals surface area contributed by atoms with Crippen molar-refractivity contribution in [2.45, 2.75) is 19.8 Å². The number of halogens is 1. The fraction of sp³-hybridized carbons (Fsp3) is 0.421. The van der Waals surface area contributed by atoms with Crippen LogP contribution in [0.5, 0.6) is 11.6 Å². The van der Waals surface area contributed by atoms with Gasteiger partial charge in [-0.2, -0.15) is 0 Å². The number of hydrogen-bond donors (Lipinski definition) is 1. The molecule has 0 radical (unpaired) electrons. The maximum atomic E-state index is 13.0. The van der Waals surface area contributed by atoms with Crippen molar-refractivity contribution in [3.05, 3.63) is 42.5 Å². The van der Waals surface area contributed by atoms with Gasteiger partial charge in [-0.3, -0.25) is 0 Å². The Morgan fingerprint density at radius 3 is 2.63 bits per heavy atom. The number of unbranched alkanes of at least 4 members (excludes halogenated alkanes) is 1. The van der Waals surface area contributed by atoms with Crippen LogP contribution >= 0.6 is 0 Å². The van der Waals surface area contributed by atoms with Crippen LogP contribution in [0.25, 0.3) is 0 Å². The number of urea groups is 1. The molecule has 2 aromatic rings. The van der Waals surface area contributed by atoms with E-state index < -0.39 is 0 Å². The molecule has 0 spiro atoms. The van der Waals surface area contributed by atoms with Gasteiger partial charge in [0, 0.05) is 38.8 Å². The van der Waals surface area contributed by atoms with E-state index in [1.165, 1.54) is 18.5 Å². The lowest BCUT2D eigenvalue weighted by atomic mass is 10.3. The Kier molecular flexibility index (Phi) is 6.40. The van der Waals surface area contributed by atoms with Crippen molar-refractivity contribution in [3.8, 4) is 11.6 Å². The minimum absolute atomic E-state index is 0.00822. The summed E-state index contributed by atoms with van der Waals surface area (Å²) < 4.78 is 18.6. The van der Waals surface area contributed by atoms with Crippen LogP contribution in [0.3, 0.4) is 0 Å². The summed E-state index contributed by atoms with van der Waals surface area (Å²) in [6.07, 6.45) is 3.49. The number of carbonyl (C=O) groups is 1. The molecule has 7 nitrogen and oxygen atoms in total. The molecule has 144 valence electrons. The molecular weight excluding hydrogens is 349 g/mol. The first kappa shape index (κ1) is 18.9. The van der Waals surface area contributed by atoms with E-state index in [1.54, 1.807) is 18.2 Å². The van der Waals surface area contributed by atoms with Crippen LogP contribution in [0, 0.1) is 5.82 Å². The van der Waals surface area contributed by atoms with Crippen molar-refractivity contribution in [3.63, 3.8) is 0 Å². The number of aromatic nitrogens is 2. The summed E-state index contributed by atoms with van der Waals surface area (Å²) in [4.78, 5) is 24.5. The molecule has 1 aliphatic rings. The summed E-state index contributed by atoms with van der Waals surface area (Å²) in [6.45, 7) is 5.46. The van der Waals surface area contributed by atoms with E-state index in [9.17, 15) is 9.18 Å². The molecule has 0 aliphatic carbocycles. The largest absolute Gasteiger partial charge is 0.439 e. The van der Waals surface area contributed by atoms with Gasteiger partial charge < -0.3 is 19.9 Å². The van der Waals surface area contributed by atoms with Gasteiger partial charge in [0.05, 0.1) is 0 Å². The minimum atomic E-state index is -0.317. The van der Waals surface area contributed by atoms with Crippen molar-refractivity contribution in [1.82, 2.24) is 20.2 Å². The Morgan fingerprint density at radius 1 is 1.19 bits per heavy atom. The summed E-state index contributed by atoms with van der Waals surface area (Å²) in [6, 6.07) is 7.51.